The second-order valence-electron chi connectivity index (χ2n) is 4.78. The van der Waals surface area contributed by atoms with Crippen molar-refractivity contribution in [2.24, 2.45) is 5.73 Å². The van der Waals surface area contributed by atoms with Gasteiger partial charge in [0.15, 0.2) is 0 Å². The van der Waals surface area contributed by atoms with Gasteiger partial charge in [-0.15, -0.1) is 0 Å². The molecule has 1 fully saturated rings. The number of rotatable bonds is 6. The SMILES string of the molecule is COC[C@H]1CC[C@H](COC)N1C(=O)N[C@@H](C)C(N)=O. The van der Waals surface area contributed by atoms with Crippen LogP contribution in [-0.2, 0) is 14.3 Å². The third-order valence-corrected chi connectivity index (χ3v) is 3.34. The number of nitrogens with zero attached hydrogens (tertiary/aromatic N) is 1. The smallest absolute Gasteiger partial charge is 0.318 e. The fraction of sp³-hybridized carbons (Fsp3) is 0.833. The summed E-state index contributed by atoms with van der Waals surface area (Å²) in [5, 5.41) is 2.60. The molecule has 3 atom stereocenters. The molecule has 1 rings (SSSR count). The van der Waals surface area contributed by atoms with Crippen LogP contribution in [0.15, 0.2) is 0 Å². The maximum atomic E-state index is 12.2. The maximum Gasteiger partial charge on any atom is 0.318 e. The maximum absolute atomic E-state index is 12.2. The summed E-state index contributed by atoms with van der Waals surface area (Å²) >= 11 is 0. The van der Waals surface area contributed by atoms with Crippen molar-refractivity contribution in [3.05, 3.63) is 0 Å². The lowest BCUT2D eigenvalue weighted by Gasteiger charge is -2.30. The second-order valence-corrected chi connectivity index (χ2v) is 4.78. The normalized spacial score (nSPS) is 24.3. The molecule has 19 heavy (non-hydrogen) atoms. The highest BCUT2D eigenvalue weighted by Crippen LogP contribution is 2.24. The first-order chi connectivity index (χ1) is 9.01. The number of likely N-dealkylation sites (tertiary alicyclic amines) is 1. The fourth-order valence-corrected chi connectivity index (χ4v) is 2.34. The van der Waals surface area contributed by atoms with Crippen molar-refractivity contribution in [2.45, 2.75) is 37.9 Å². The Morgan fingerprint density at radius 2 is 1.74 bits per heavy atom. The van der Waals surface area contributed by atoms with Gasteiger partial charge in [-0.3, -0.25) is 4.79 Å². The number of hydrogen-bond donors (Lipinski definition) is 2. The Labute approximate surface area is 113 Å². The van der Waals surface area contributed by atoms with Gasteiger partial charge >= 0.3 is 6.03 Å². The van der Waals surface area contributed by atoms with E-state index in [-0.39, 0.29) is 18.1 Å². The van der Waals surface area contributed by atoms with Gasteiger partial charge in [-0.1, -0.05) is 0 Å². The lowest BCUT2D eigenvalue weighted by Crippen LogP contribution is -2.54. The molecule has 0 aromatic heterocycles. The van der Waals surface area contributed by atoms with E-state index < -0.39 is 11.9 Å². The van der Waals surface area contributed by atoms with Crippen LogP contribution in [0.2, 0.25) is 0 Å². The number of urea groups is 1. The first-order valence-electron chi connectivity index (χ1n) is 6.37. The molecular formula is C12H23N3O4. The third-order valence-electron chi connectivity index (χ3n) is 3.34. The van der Waals surface area contributed by atoms with E-state index in [4.69, 9.17) is 15.2 Å². The molecule has 0 aromatic carbocycles. The van der Waals surface area contributed by atoms with Crippen LogP contribution in [0.1, 0.15) is 19.8 Å². The molecule has 3 amide bonds. The average molecular weight is 273 g/mol. The molecule has 7 nitrogen and oxygen atoms in total. The van der Waals surface area contributed by atoms with Crippen LogP contribution in [0.3, 0.4) is 0 Å². The predicted octanol–water partition coefficient (Wildman–Crippen LogP) is -0.304. The number of carbonyl (C=O) groups is 2. The van der Waals surface area contributed by atoms with Gasteiger partial charge in [-0.05, 0) is 19.8 Å². The number of primary amides is 1. The summed E-state index contributed by atoms with van der Waals surface area (Å²) in [5.74, 6) is -0.556. The number of amides is 3. The van der Waals surface area contributed by atoms with Gasteiger partial charge in [-0.25, -0.2) is 4.79 Å². The average Bonchev–Trinajstić information content (AvgIpc) is 2.73. The zero-order valence-corrected chi connectivity index (χ0v) is 11.7. The van der Waals surface area contributed by atoms with E-state index >= 15 is 0 Å². The molecule has 1 aliphatic heterocycles. The van der Waals surface area contributed by atoms with Crippen molar-refractivity contribution in [3.63, 3.8) is 0 Å². The van der Waals surface area contributed by atoms with E-state index in [1.165, 1.54) is 0 Å². The van der Waals surface area contributed by atoms with Crippen molar-refractivity contribution in [1.82, 2.24) is 10.2 Å². The van der Waals surface area contributed by atoms with Crippen LogP contribution in [-0.4, -0.2) is 62.4 Å². The van der Waals surface area contributed by atoms with Crippen molar-refractivity contribution < 1.29 is 19.1 Å². The van der Waals surface area contributed by atoms with Crippen molar-refractivity contribution >= 4 is 11.9 Å². The minimum absolute atomic E-state index is 0.00484. The summed E-state index contributed by atoms with van der Waals surface area (Å²) in [6.45, 7) is 2.50. The molecular weight excluding hydrogens is 250 g/mol. The van der Waals surface area contributed by atoms with Gasteiger partial charge in [0.2, 0.25) is 5.91 Å². The molecule has 0 spiro atoms. The van der Waals surface area contributed by atoms with E-state index in [1.54, 1.807) is 26.0 Å². The highest BCUT2D eigenvalue weighted by molar-refractivity contribution is 5.85. The fourth-order valence-electron chi connectivity index (χ4n) is 2.34. The number of ether oxygens (including phenoxy) is 2. The first kappa shape index (κ1) is 15.7. The number of nitrogens with one attached hydrogen (secondary N) is 1. The summed E-state index contributed by atoms with van der Waals surface area (Å²) < 4.78 is 10.3. The number of hydrogen-bond acceptors (Lipinski definition) is 4. The Hall–Kier alpha value is -1.34. The highest BCUT2D eigenvalue weighted by atomic mass is 16.5. The Morgan fingerprint density at radius 3 is 2.11 bits per heavy atom. The van der Waals surface area contributed by atoms with E-state index in [1.807, 2.05) is 0 Å². The van der Waals surface area contributed by atoms with Gasteiger partial charge in [0.05, 0.1) is 25.3 Å². The molecule has 0 unspecified atom stereocenters. The molecule has 0 bridgehead atoms. The topological polar surface area (TPSA) is 93.9 Å². The minimum Gasteiger partial charge on any atom is -0.383 e. The highest BCUT2D eigenvalue weighted by Gasteiger charge is 2.37. The lowest BCUT2D eigenvalue weighted by molar-refractivity contribution is -0.119. The van der Waals surface area contributed by atoms with Gasteiger partial charge < -0.3 is 25.4 Å². The molecule has 110 valence electrons. The number of carbonyl (C=O) groups excluding carboxylic acids is 2. The van der Waals surface area contributed by atoms with E-state index in [0.29, 0.717) is 13.2 Å². The Kier molecular flexibility index (Phi) is 6.04. The Bertz CT molecular complexity index is 310. The summed E-state index contributed by atoms with van der Waals surface area (Å²) in [6.07, 6.45) is 1.72. The molecule has 0 aromatic rings. The monoisotopic (exact) mass is 273 g/mol. The van der Waals surface area contributed by atoms with Crippen molar-refractivity contribution in [1.29, 1.82) is 0 Å². The van der Waals surface area contributed by atoms with Crippen LogP contribution < -0.4 is 11.1 Å². The molecule has 0 aliphatic carbocycles. The van der Waals surface area contributed by atoms with Crippen molar-refractivity contribution in [2.75, 3.05) is 27.4 Å². The number of methoxy groups -OCH3 is 2. The zero-order chi connectivity index (χ0) is 14.4. The van der Waals surface area contributed by atoms with E-state index in [0.717, 1.165) is 12.8 Å². The molecule has 1 heterocycles. The molecule has 1 aliphatic rings. The van der Waals surface area contributed by atoms with Crippen LogP contribution >= 0.6 is 0 Å². The first-order valence-corrected chi connectivity index (χ1v) is 6.37. The quantitative estimate of drug-likeness (QED) is 0.694. The minimum atomic E-state index is -0.695. The molecule has 3 N–H and O–H groups in total. The third kappa shape index (κ3) is 4.07. The standard InChI is InChI=1S/C12H23N3O4/c1-8(11(13)16)14-12(17)15-9(6-18-2)4-5-10(15)7-19-3/h8-10H,4-7H2,1-3H3,(H2,13,16)(H,14,17)/t8-,9+,10+/m0/s1. The predicted molar refractivity (Wildman–Crippen MR) is 69.6 cm³/mol. The zero-order valence-electron chi connectivity index (χ0n) is 11.7. The van der Waals surface area contributed by atoms with Crippen LogP contribution in [0.25, 0.3) is 0 Å². The Balaban J connectivity index is 2.71. The second kappa shape index (κ2) is 7.30. The summed E-state index contributed by atoms with van der Waals surface area (Å²) in [7, 11) is 3.21. The van der Waals surface area contributed by atoms with Crippen LogP contribution in [0, 0.1) is 0 Å². The van der Waals surface area contributed by atoms with Gasteiger partial charge in [0, 0.05) is 14.2 Å². The largest absolute Gasteiger partial charge is 0.383 e. The van der Waals surface area contributed by atoms with Crippen molar-refractivity contribution in [3.8, 4) is 0 Å². The molecule has 7 heteroatoms. The van der Waals surface area contributed by atoms with Gasteiger partial charge in [-0.2, -0.15) is 0 Å². The van der Waals surface area contributed by atoms with Crippen LogP contribution in [0.4, 0.5) is 4.79 Å². The van der Waals surface area contributed by atoms with E-state index in [2.05, 4.69) is 5.32 Å². The Morgan fingerprint density at radius 1 is 1.26 bits per heavy atom. The molecule has 1 saturated heterocycles. The summed E-state index contributed by atoms with van der Waals surface area (Å²) in [6, 6.07) is -0.983. The van der Waals surface area contributed by atoms with Crippen LogP contribution in [0.5, 0.6) is 0 Å². The van der Waals surface area contributed by atoms with Gasteiger partial charge in [0.25, 0.3) is 0 Å². The number of nitrogens with two attached hydrogens (primary N) is 1. The molecule has 0 radical (unpaired) electrons. The lowest BCUT2D eigenvalue weighted by atomic mass is 10.2. The molecule has 0 saturated carbocycles. The summed E-state index contributed by atoms with van der Waals surface area (Å²) in [4.78, 5) is 24.9. The van der Waals surface area contributed by atoms with E-state index in [9.17, 15) is 9.59 Å². The summed E-state index contributed by atoms with van der Waals surface area (Å²) in [5.41, 5.74) is 5.15. The van der Waals surface area contributed by atoms with Gasteiger partial charge in [0.1, 0.15) is 6.04 Å².